The van der Waals surface area contributed by atoms with Gasteiger partial charge in [-0.25, -0.2) is 8.42 Å². The van der Waals surface area contributed by atoms with Crippen LogP contribution >= 0.6 is 0 Å². The standard InChI is InChI=1S/C18H22N2O3S/c1-14-16(11-6-12-17(14)20-24(2,22)23)18(21)19-13-7-10-15-8-4-3-5-9-15/h3-6,8-9,11-12,20H,7,10,13H2,1-2H3,(H,19,21). The number of nitrogens with one attached hydrogen (secondary N) is 2. The van der Waals surface area contributed by atoms with Crippen LogP contribution in [0, 0.1) is 6.92 Å². The lowest BCUT2D eigenvalue weighted by Gasteiger charge is -2.12. The van der Waals surface area contributed by atoms with Crippen LogP contribution in [0.25, 0.3) is 0 Å². The molecule has 0 saturated heterocycles. The Balaban J connectivity index is 1.94. The van der Waals surface area contributed by atoms with E-state index in [1.165, 1.54) is 5.56 Å². The Hall–Kier alpha value is -2.34. The van der Waals surface area contributed by atoms with Gasteiger partial charge in [-0.15, -0.1) is 0 Å². The van der Waals surface area contributed by atoms with E-state index >= 15 is 0 Å². The van der Waals surface area contributed by atoms with Crippen molar-refractivity contribution in [2.24, 2.45) is 0 Å². The summed E-state index contributed by atoms with van der Waals surface area (Å²) in [4.78, 5) is 12.3. The van der Waals surface area contributed by atoms with Crippen molar-refractivity contribution in [2.75, 3.05) is 17.5 Å². The predicted molar refractivity (Wildman–Crippen MR) is 96.7 cm³/mol. The van der Waals surface area contributed by atoms with E-state index in [9.17, 15) is 13.2 Å². The molecule has 2 N–H and O–H groups in total. The second-order valence-corrected chi connectivity index (χ2v) is 7.45. The summed E-state index contributed by atoms with van der Waals surface area (Å²) in [5.41, 5.74) is 2.75. The molecule has 0 fully saturated rings. The summed E-state index contributed by atoms with van der Waals surface area (Å²) >= 11 is 0. The van der Waals surface area contributed by atoms with Gasteiger partial charge in [-0.2, -0.15) is 0 Å². The maximum Gasteiger partial charge on any atom is 0.251 e. The zero-order chi connectivity index (χ0) is 17.6. The number of sulfonamides is 1. The predicted octanol–water partition coefficient (Wildman–Crippen LogP) is 2.73. The van der Waals surface area contributed by atoms with Gasteiger partial charge in [0.1, 0.15) is 0 Å². The average Bonchev–Trinajstić information content (AvgIpc) is 2.53. The molecule has 0 heterocycles. The van der Waals surface area contributed by atoms with Gasteiger partial charge in [-0.05, 0) is 43.0 Å². The zero-order valence-corrected chi connectivity index (χ0v) is 14.7. The van der Waals surface area contributed by atoms with Gasteiger partial charge in [-0.3, -0.25) is 9.52 Å². The van der Waals surface area contributed by atoms with Gasteiger partial charge < -0.3 is 5.32 Å². The molecule has 1 amide bonds. The first-order valence-electron chi connectivity index (χ1n) is 7.76. The van der Waals surface area contributed by atoms with Crippen molar-refractivity contribution < 1.29 is 13.2 Å². The molecule has 128 valence electrons. The Bertz CT molecular complexity index is 802. The molecule has 0 unspecified atom stereocenters. The van der Waals surface area contributed by atoms with E-state index in [0.29, 0.717) is 23.4 Å². The average molecular weight is 346 g/mol. The first kappa shape index (κ1) is 18.0. The molecular formula is C18H22N2O3S. The molecule has 0 atom stereocenters. The zero-order valence-electron chi connectivity index (χ0n) is 13.9. The number of aryl methyl sites for hydroxylation is 1. The fourth-order valence-corrected chi connectivity index (χ4v) is 3.05. The Morgan fingerprint density at radius 1 is 1.04 bits per heavy atom. The summed E-state index contributed by atoms with van der Waals surface area (Å²) in [5, 5.41) is 2.88. The molecule has 2 rings (SSSR count). The highest BCUT2D eigenvalue weighted by Gasteiger charge is 2.13. The molecule has 2 aromatic carbocycles. The molecule has 24 heavy (non-hydrogen) atoms. The third kappa shape index (κ3) is 5.38. The topological polar surface area (TPSA) is 75.3 Å². The van der Waals surface area contributed by atoms with Crippen LogP contribution in [0.3, 0.4) is 0 Å². The summed E-state index contributed by atoms with van der Waals surface area (Å²) in [7, 11) is -3.38. The maximum absolute atomic E-state index is 12.3. The molecule has 5 nitrogen and oxygen atoms in total. The molecule has 0 saturated carbocycles. The van der Waals surface area contributed by atoms with E-state index in [1.807, 2.05) is 18.2 Å². The number of hydrogen-bond donors (Lipinski definition) is 2. The fourth-order valence-electron chi connectivity index (χ4n) is 2.43. The highest BCUT2D eigenvalue weighted by atomic mass is 32.2. The smallest absolute Gasteiger partial charge is 0.251 e. The Morgan fingerprint density at radius 3 is 2.42 bits per heavy atom. The van der Waals surface area contributed by atoms with Gasteiger partial charge in [0.15, 0.2) is 0 Å². The summed E-state index contributed by atoms with van der Waals surface area (Å²) in [6, 6.07) is 15.1. The van der Waals surface area contributed by atoms with E-state index in [0.717, 1.165) is 19.1 Å². The van der Waals surface area contributed by atoms with Crippen molar-refractivity contribution in [3.8, 4) is 0 Å². The third-order valence-electron chi connectivity index (χ3n) is 3.64. The van der Waals surface area contributed by atoms with E-state index in [-0.39, 0.29) is 5.91 Å². The van der Waals surface area contributed by atoms with Crippen LogP contribution in [-0.4, -0.2) is 27.1 Å². The van der Waals surface area contributed by atoms with Crippen molar-refractivity contribution in [1.82, 2.24) is 5.32 Å². The van der Waals surface area contributed by atoms with Crippen molar-refractivity contribution >= 4 is 21.6 Å². The molecule has 0 bridgehead atoms. The van der Waals surface area contributed by atoms with Gasteiger partial charge in [0.2, 0.25) is 10.0 Å². The third-order valence-corrected chi connectivity index (χ3v) is 4.24. The van der Waals surface area contributed by atoms with Gasteiger partial charge in [-0.1, -0.05) is 36.4 Å². The van der Waals surface area contributed by atoms with Crippen LogP contribution in [0.5, 0.6) is 0 Å². The second kappa shape index (κ2) is 7.97. The van der Waals surface area contributed by atoms with E-state index in [1.54, 1.807) is 25.1 Å². The molecule has 0 spiro atoms. The lowest BCUT2D eigenvalue weighted by atomic mass is 10.1. The minimum absolute atomic E-state index is 0.197. The molecule has 0 aliphatic heterocycles. The first-order valence-corrected chi connectivity index (χ1v) is 9.65. The van der Waals surface area contributed by atoms with Crippen LogP contribution in [-0.2, 0) is 16.4 Å². The number of benzene rings is 2. The van der Waals surface area contributed by atoms with E-state index in [4.69, 9.17) is 0 Å². The number of rotatable bonds is 7. The van der Waals surface area contributed by atoms with Gasteiger partial charge >= 0.3 is 0 Å². The number of anilines is 1. The summed E-state index contributed by atoms with van der Waals surface area (Å²) in [5.74, 6) is -0.197. The van der Waals surface area contributed by atoms with Gasteiger partial charge in [0, 0.05) is 12.1 Å². The van der Waals surface area contributed by atoms with E-state index in [2.05, 4.69) is 22.2 Å². The summed E-state index contributed by atoms with van der Waals surface area (Å²) < 4.78 is 25.2. The van der Waals surface area contributed by atoms with Crippen LogP contribution < -0.4 is 10.0 Å². The quantitative estimate of drug-likeness (QED) is 0.757. The molecule has 6 heteroatoms. The van der Waals surface area contributed by atoms with Crippen molar-refractivity contribution in [3.63, 3.8) is 0 Å². The Labute approximate surface area is 143 Å². The van der Waals surface area contributed by atoms with Crippen molar-refractivity contribution in [2.45, 2.75) is 19.8 Å². The molecule has 0 radical (unpaired) electrons. The highest BCUT2D eigenvalue weighted by molar-refractivity contribution is 7.92. The second-order valence-electron chi connectivity index (χ2n) is 5.70. The van der Waals surface area contributed by atoms with E-state index < -0.39 is 10.0 Å². The highest BCUT2D eigenvalue weighted by Crippen LogP contribution is 2.19. The Morgan fingerprint density at radius 2 is 1.75 bits per heavy atom. The SMILES string of the molecule is Cc1c(NS(C)(=O)=O)cccc1C(=O)NCCCc1ccccc1. The van der Waals surface area contributed by atoms with Crippen LogP contribution in [0.1, 0.15) is 27.9 Å². The number of amides is 1. The minimum atomic E-state index is -3.38. The minimum Gasteiger partial charge on any atom is -0.352 e. The van der Waals surface area contributed by atoms with Crippen molar-refractivity contribution in [3.05, 3.63) is 65.2 Å². The summed E-state index contributed by atoms with van der Waals surface area (Å²) in [6.07, 6.45) is 2.83. The molecule has 0 aromatic heterocycles. The van der Waals surface area contributed by atoms with Crippen LogP contribution in [0.4, 0.5) is 5.69 Å². The molecule has 0 aliphatic carbocycles. The maximum atomic E-state index is 12.3. The van der Waals surface area contributed by atoms with Gasteiger partial charge in [0.05, 0.1) is 11.9 Å². The Kier molecular flexibility index (Phi) is 5.98. The first-order chi connectivity index (χ1) is 11.4. The number of carbonyl (C=O) groups is 1. The summed E-state index contributed by atoms with van der Waals surface area (Å²) in [6.45, 7) is 2.29. The normalized spacial score (nSPS) is 11.1. The van der Waals surface area contributed by atoms with Crippen LogP contribution in [0.15, 0.2) is 48.5 Å². The van der Waals surface area contributed by atoms with Crippen molar-refractivity contribution in [1.29, 1.82) is 0 Å². The monoisotopic (exact) mass is 346 g/mol. The van der Waals surface area contributed by atoms with Crippen LogP contribution in [0.2, 0.25) is 0 Å². The lowest BCUT2D eigenvalue weighted by molar-refractivity contribution is 0.0952. The number of hydrogen-bond acceptors (Lipinski definition) is 3. The molecule has 0 aliphatic rings. The number of carbonyl (C=O) groups excluding carboxylic acids is 1. The lowest BCUT2D eigenvalue weighted by Crippen LogP contribution is -2.26. The molecule has 2 aromatic rings. The van der Waals surface area contributed by atoms with Gasteiger partial charge in [0.25, 0.3) is 5.91 Å². The largest absolute Gasteiger partial charge is 0.352 e. The fraction of sp³-hybridized carbons (Fsp3) is 0.278. The molecular weight excluding hydrogens is 324 g/mol.